The lowest BCUT2D eigenvalue weighted by Gasteiger charge is -2.15. The molecule has 0 atom stereocenters. The number of aryl methyl sites for hydroxylation is 1. The molecule has 28 heavy (non-hydrogen) atoms. The highest BCUT2D eigenvalue weighted by molar-refractivity contribution is 6.28. The third-order valence-electron chi connectivity index (χ3n) is 4.19. The van der Waals surface area contributed by atoms with Gasteiger partial charge in [0, 0.05) is 29.2 Å². The molecule has 0 aliphatic carbocycles. The van der Waals surface area contributed by atoms with Gasteiger partial charge in [0.2, 0.25) is 5.28 Å². The molecule has 0 saturated carbocycles. The van der Waals surface area contributed by atoms with E-state index in [0.29, 0.717) is 22.6 Å². The zero-order valence-corrected chi connectivity index (χ0v) is 16.3. The summed E-state index contributed by atoms with van der Waals surface area (Å²) in [5.74, 6) is -0.324. The minimum Gasteiger partial charge on any atom is -0.321 e. The number of halogens is 1. The van der Waals surface area contributed by atoms with Crippen molar-refractivity contribution in [1.29, 1.82) is 5.26 Å². The molecule has 8 heteroatoms. The number of anilines is 1. The number of nitrogens with one attached hydrogen (secondary N) is 1. The summed E-state index contributed by atoms with van der Waals surface area (Å²) in [5.41, 5.74) is 2.75. The lowest BCUT2D eigenvalue weighted by Crippen LogP contribution is -2.18. The van der Waals surface area contributed by atoms with E-state index in [-0.39, 0.29) is 11.2 Å². The van der Waals surface area contributed by atoms with Gasteiger partial charge in [-0.25, -0.2) is 9.97 Å². The third-order valence-corrected chi connectivity index (χ3v) is 4.37. The van der Waals surface area contributed by atoms with Gasteiger partial charge in [-0.3, -0.25) is 14.8 Å². The topological polar surface area (TPSA) is 104 Å². The summed E-state index contributed by atoms with van der Waals surface area (Å²) >= 11 is 5.87. The standard InChI is InChI=1S/C20H17ClN6O/c1-12-15(16-5-7-24-19(21)27-16)9-14(10-25-12)26-18(28)13-4-6-23-17(8-13)20(2,3)11-22/h4-10H,1-3H3,(H,26,28). The number of pyridine rings is 2. The zero-order chi connectivity index (χ0) is 20.3. The van der Waals surface area contributed by atoms with E-state index in [1.165, 1.54) is 6.20 Å². The Balaban J connectivity index is 1.89. The van der Waals surface area contributed by atoms with Crippen molar-refractivity contribution in [3.05, 3.63) is 65.1 Å². The second kappa shape index (κ2) is 7.71. The first-order chi connectivity index (χ1) is 13.3. The fraction of sp³-hybridized carbons (Fsp3) is 0.200. The van der Waals surface area contributed by atoms with Crippen molar-refractivity contribution in [3.8, 4) is 17.3 Å². The lowest BCUT2D eigenvalue weighted by molar-refractivity contribution is 0.102. The Labute approximate surface area is 167 Å². The first kappa shape index (κ1) is 19.4. The van der Waals surface area contributed by atoms with Gasteiger partial charge >= 0.3 is 0 Å². The van der Waals surface area contributed by atoms with E-state index in [1.807, 2.05) is 6.92 Å². The van der Waals surface area contributed by atoms with Crippen LogP contribution in [0.1, 0.15) is 35.6 Å². The van der Waals surface area contributed by atoms with Gasteiger partial charge in [0.25, 0.3) is 5.91 Å². The first-order valence-corrected chi connectivity index (χ1v) is 8.82. The Morgan fingerprint density at radius 3 is 2.64 bits per heavy atom. The van der Waals surface area contributed by atoms with Gasteiger partial charge in [0.05, 0.1) is 34.8 Å². The van der Waals surface area contributed by atoms with E-state index in [1.54, 1.807) is 50.5 Å². The monoisotopic (exact) mass is 392 g/mol. The van der Waals surface area contributed by atoms with Crippen LogP contribution in [-0.2, 0) is 5.41 Å². The number of carbonyl (C=O) groups is 1. The predicted octanol–water partition coefficient (Wildman–Crippen LogP) is 3.95. The first-order valence-electron chi connectivity index (χ1n) is 8.45. The SMILES string of the molecule is Cc1ncc(NC(=O)c2ccnc(C(C)(C)C#N)c2)cc1-c1ccnc(Cl)n1. The maximum absolute atomic E-state index is 12.7. The zero-order valence-electron chi connectivity index (χ0n) is 15.6. The number of aromatic nitrogens is 4. The normalized spacial score (nSPS) is 11.0. The minimum absolute atomic E-state index is 0.135. The summed E-state index contributed by atoms with van der Waals surface area (Å²) in [6, 6.07) is 8.90. The van der Waals surface area contributed by atoms with Crippen LogP contribution in [0.2, 0.25) is 5.28 Å². The van der Waals surface area contributed by atoms with Crippen molar-refractivity contribution in [2.75, 3.05) is 5.32 Å². The summed E-state index contributed by atoms with van der Waals surface area (Å²) < 4.78 is 0. The van der Waals surface area contributed by atoms with Crippen molar-refractivity contribution in [3.63, 3.8) is 0 Å². The molecule has 0 aromatic carbocycles. The number of nitrogens with zero attached hydrogens (tertiary/aromatic N) is 5. The van der Waals surface area contributed by atoms with Crippen LogP contribution in [0.4, 0.5) is 5.69 Å². The average molecular weight is 393 g/mol. The summed E-state index contributed by atoms with van der Waals surface area (Å²) in [6.07, 6.45) is 4.65. The van der Waals surface area contributed by atoms with Crippen LogP contribution in [0.3, 0.4) is 0 Å². The molecule has 140 valence electrons. The summed E-state index contributed by atoms with van der Waals surface area (Å²) in [7, 11) is 0. The Bertz CT molecular complexity index is 1090. The minimum atomic E-state index is -0.791. The van der Waals surface area contributed by atoms with E-state index in [4.69, 9.17) is 11.6 Å². The Morgan fingerprint density at radius 1 is 1.18 bits per heavy atom. The fourth-order valence-corrected chi connectivity index (χ4v) is 2.67. The van der Waals surface area contributed by atoms with Crippen LogP contribution in [0.15, 0.2) is 42.9 Å². The van der Waals surface area contributed by atoms with Gasteiger partial charge < -0.3 is 5.32 Å². The summed E-state index contributed by atoms with van der Waals surface area (Å²) in [4.78, 5) is 29.3. The molecule has 1 amide bonds. The number of rotatable bonds is 4. The number of nitriles is 1. The van der Waals surface area contributed by atoms with Gasteiger partial charge in [-0.1, -0.05) is 0 Å². The van der Waals surface area contributed by atoms with E-state index in [2.05, 4.69) is 31.3 Å². The molecule has 0 bridgehead atoms. The number of hydrogen-bond acceptors (Lipinski definition) is 6. The van der Waals surface area contributed by atoms with Crippen LogP contribution in [0, 0.1) is 18.3 Å². The van der Waals surface area contributed by atoms with Crippen LogP contribution in [0.25, 0.3) is 11.3 Å². The molecule has 7 nitrogen and oxygen atoms in total. The molecule has 0 fully saturated rings. The van der Waals surface area contributed by atoms with Gasteiger partial charge in [-0.2, -0.15) is 5.26 Å². The molecule has 0 radical (unpaired) electrons. The van der Waals surface area contributed by atoms with Crippen molar-refractivity contribution in [2.45, 2.75) is 26.2 Å². The fourth-order valence-electron chi connectivity index (χ4n) is 2.52. The predicted molar refractivity (Wildman–Crippen MR) is 106 cm³/mol. The molecular weight excluding hydrogens is 376 g/mol. The maximum atomic E-state index is 12.7. The van der Waals surface area contributed by atoms with Crippen LogP contribution >= 0.6 is 11.6 Å². The molecule has 1 N–H and O–H groups in total. The Kier molecular flexibility index (Phi) is 5.34. The Hall–Kier alpha value is -3.37. The van der Waals surface area contributed by atoms with Gasteiger partial charge in [0.15, 0.2) is 0 Å². The highest BCUT2D eigenvalue weighted by Gasteiger charge is 2.22. The summed E-state index contributed by atoms with van der Waals surface area (Å²) in [6.45, 7) is 5.34. The molecule has 0 saturated heterocycles. The molecule has 3 heterocycles. The molecule has 0 unspecified atom stereocenters. The molecular formula is C20H17ClN6O. The number of hydrogen-bond donors (Lipinski definition) is 1. The van der Waals surface area contributed by atoms with E-state index < -0.39 is 5.41 Å². The van der Waals surface area contributed by atoms with Gasteiger partial charge in [-0.15, -0.1) is 0 Å². The highest BCUT2D eigenvalue weighted by Crippen LogP contribution is 2.25. The third kappa shape index (κ3) is 4.13. The van der Waals surface area contributed by atoms with Crippen LogP contribution in [-0.4, -0.2) is 25.8 Å². The van der Waals surface area contributed by atoms with Crippen LogP contribution < -0.4 is 5.32 Å². The van der Waals surface area contributed by atoms with Crippen LogP contribution in [0.5, 0.6) is 0 Å². The van der Waals surface area contributed by atoms with Gasteiger partial charge in [0.1, 0.15) is 0 Å². The van der Waals surface area contributed by atoms with Crippen molar-refractivity contribution >= 4 is 23.2 Å². The average Bonchev–Trinajstić information content (AvgIpc) is 2.69. The number of amides is 1. The van der Waals surface area contributed by atoms with E-state index >= 15 is 0 Å². The second-order valence-electron chi connectivity index (χ2n) is 6.69. The summed E-state index contributed by atoms with van der Waals surface area (Å²) in [5, 5.41) is 12.2. The lowest BCUT2D eigenvalue weighted by atomic mass is 9.90. The molecule has 0 aliphatic heterocycles. The second-order valence-corrected chi connectivity index (χ2v) is 7.03. The Morgan fingerprint density at radius 2 is 1.93 bits per heavy atom. The molecule has 3 aromatic rings. The largest absolute Gasteiger partial charge is 0.321 e. The van der Waals surface area contributed by atoms with E-state index in [0.717, 1.165) is 11.3 Å². The van der Waals surface area contributed by atoms with Crippen molar-refractivity contribution in [2.24, 2.45) is 0 Å². The molecule has 3 aromatic heterocycles. The number of carbonyl (C=O) groups excluding carboxylic acids is 1. The molecule has 0 aliphatic rings. The maximum Gasteiger partial charge on any atom is 0.255 e. The van der Waals surface area contributed by atoms with Crippen molar-refractivity contribution in [1.82, 2.24) is 19.9 Å². The molecule has 0 spiro atoms. The molecule has 3 rings (SSSR count). The smallest absolute Gasteiger partial charge is 0.255 e. The van der Waals surface area contributed by atoms with Crippen molar-refractivity contribution < 1.29 is 4.79 Å². The quantitative estimate of drug-likeness (QED) is 0.674. The highest BCUT2D eigenvalue weighted by atomic mass is 35.5. The van der Waals surface area contributed by atoms with Gasteiger partial charge in [-0.05, 0) is 56.6 Å². The van der Waals surface area contributed by atoms with E-state index in [9.17, 15) is 10.1 Å².